The van der Waals surface area contributed by atoms with Crippen LogP contribution in [0.3, 0.4) is 0 Å². The molecule has 10 aromatic rings. The van der Waals surface area contributed by atoms with Crippen LogP contribution >= 0.6 is 11.3 Å². The molecule has 4 heteroatoms. The number of aromatic nitrogens is 1. The maximum absolute atomic E-state index is 6.23. The van der Waals surface area contributed by atoms with Gasteiger partial charge in [-0.05, 0) is 101 Å². The van der Waals surface area contributed by atoms with E-state index in [2.05, 4.69) is 180 Å². The zero-order valence-electron chi connectivity index (χ0n) is 31.3. The molecule has 2 aliphatic carbocycles. The Kier molecular flexibility index (Phi) is 6.48. The van der Waals surface area contributed by atoms with Gasteiger partial charge in [0.15, 0.2) is 0 Å². The number of benzene rings is 7. The van der Waals surface area contributed by atoms with Crippen molar-refractivity contribution in [3.8, 4) is 5.69 Å². The summed E-state index contributed by atoms with van der Waals surface area (Å²) in [5.41, 5.74) is 15.0. The highest BCUT2D eigenvalue weighted by molar-refractivity contribution is 7.25. The van der Waals surface area contributed by atoms with Gasteiger partial charge >= 0.3 is 0 Å². The van der Waals surface area contributed by atoms with Crippen LogP contribution in [0.2, 0.25) is 0 Å². The second-order valence-electron chi connectivity index (χ2n) is 16.1. The number of thiophene rings is 1. The third-order valence-corrected chi connectivity index (χ3v) is 14.1. The zero-order chi connectivity index (χ0) is 37.4. The van der Waals surface area contributed by atoms with Gasteiger partial charge in [-0.25, -0.2) is 0 Å². The van der Waals surface area contributed by atoms with Crippen LogP contribution < -0.4 is 4.90 Å². The van der Waals surface area contributed by atoms with Gasteiger partial charge in [-0.1, -0.05) is 116 Å². The molecule has 4 heterocycles. The first-order valence-corrected chi connectivity index (χ1v) is 20.9. The van der Waals surface area contributed by atoms with E-state index in [1.807, 2.05) is 17.4 Å². The van der Waals surface area contributed by atoms with E-state index in [1.165, 1.54) is 81.2 Å². The van der Waals surface area contributed by atoms with Crippen molar-refractivity contribution in [2.45, 2.75) is 25.3 Å². The van der Waals surface area contributed by atoms with Crippen LogP contribution in [0.4, 0.5) is 5.69 Å². The molecule has 0 saturated carbocycles. The summed E-state index contributed by atoms with van der Waals surface area (Å²) in [4.78, 5) is 2.68. The minimum atomic E-state index is 0.200. The molecule has 3 nitrogen and oxygen atoms in total. The molecule has 3 atom stereocenters. The summed E-state index contributed by atoms with van der Waals surface area (Å²) in [6.07, 6.45) is 8.47. The van der Waals surface area contributed by atoms with E-state index in [0.717, 1.165) is 34.0 Å². The first kappa shape index (κ1) is 31.6. The Morgan fingerprint density at radius 2 is 1.33 bits per heavy atom. The van der Waals surface area contributed by atoms with E-state index >= 15 is 0 Å². The van der Waals surface area contributed by atoms with Gasteiger partial charge in [0.05, 0.1) is 17.1 Å². The molecule has 3 aliphatic rings. The first-order chi connectivity index (χ1) is 28.2. The molecule has 0 saturated heterocycles. The maximum atomic E-state index is 6.23. The maximum Gasteiger partial charge on any atom is 0.135 e. The number of allylic oxidation sites excluding steroid dienone is 3. The number of hydrogen-bond acceptors (Lipinski definition) is 3. The molecule has 0 spiro atoms. The lowest BCUT2D eigenvalue weighted by Gasteiger charge is -2.33. The average molecular weight is 749 g/mol. The van der Waals surface area contributed by atoms with Crippen LogP contribution in [0.25, 0.3) is 80.8 Å². The van der Waals surface area contributed by atoms with E-state index in [0.29, 0.717) is 5.92 Å². The lowest BCUT2D eigenvalue weighted by atomic mass is 9.76. The highest BCUT2D eigenvalue weighted by Gasteiger charge is 2.44. The summed E-state index contributed by atoms with van der Waals surface area (Å²) in [6.45, 7) is 2.40. The monoisotopic (exact) mass is 748 g/mol. The van der Waals surface area contributed by atoms with Crippen molar-refractivity contribution in [3.05, 3.63) is 192 Å². The predicted octanol–water partition coefficient (Wildman–Crippen LogP) is 14.4. The van der Waals surface area contributed by atoms with E-state index in [9.17, 15) is 0 Å². The third kappa shape index (κ3) is 4.48. The highest BCUT2D eigenvalue weighted by Crippen LogP contribution is 2.54. The number of furan rings is 1. The molecule has 7 aromatic carbocycles. The van der Waals surface area contributed by atoms with Crippen LogP contribution in [0, 0.1) is 5.92 Å². The molecule has 0 fully saturated rings. The zero-order valence-corrected chi connectivity index (χ0v) is 32.1. The molecule has 0 N–H and O–H groups in total. The fraction of sp³-hybridized carbons (Fsp3) is 0.0943. The molecular weight excluding hydrogens is 713 g/mol. The summed E-state index contributed by atoms with van der Waals surface area (Å²) in [5.74, 6) is 0.672. The fourth-order valence-electron chi connectivity index (χ4n) is 10.5. The number of rotatable bonds is 3. The van der Waals surface area contributed by atoms with Gasteiger partial charge < -0.3 is 13.9 Å². The van der Waals surface area contributed by atoms with Gasteiger partial charge in [-0.3, -0.25) is 0 Å². The molecule has 13 rings (SSSR count). The summed E-state index contributed by atoms with van der Waals surface area (Å²) in [7, 11) is 0. The van der Waals surface area contributed by atoms with Crippen LogP contribution in [0.1, 0.15) is 36.0 Å². The molecule has 3 aromatic heterocycles. The van der Waals surface area contributed by atoms with Crippen LogP contribution in [-0.4, -0.2) is 10.6 Å². The highest BCUT2D eigenvalue weighted by atomic mass is 32.1. The number of hydrogen-bond donors (Lipinski definition) is 0. The van der Waals surface area contributed by atoms with Gasteiger partial charge in [0.1, 0.15) is 11.2 Å². The van der Waals surface area contributed by atoms with Gasteiger partial charge in [-0.2, -0.15) is 0 Å². The molecule has 270 valence electrons. The Morgan fingerprint density at radius 1 is 0.596 bits per heavy atom. The van der Waals surface area contributed by atoms with Crippen molar-refractivity contribution in [2.24, 2.45) is 5.92 Å². The molecule has 57 heavy (non-hydrogen) atoms. The van der Waals surface area contributed by atoms with E-state index in [4.69, 9.17) is 4.42 Å². The van der Waals surface area contributed by atoms with Crippen molar-refractivity contribution >= 4 is 92.1 Å². The second-order valence-corrected chi connectivity index (χ2v) is 17.1. The SMILES string of the molecule is CC1CC2=C(c3ccccc31)C1C=C(c3ccc4c5ccccc5n(-c5ccc6oc7ccccc7c6c5)c4c3)C=CC1N2c1ccc2sc3ccccc3c2c1. The Balaban J connectivity index is 0.976. The van der Waals surface area contributed by atoms with Gasteiger partial charge in [-0.15, -0.1) is 11.3 Å². The van der Waals surface area contributed by atoms with Crippen molar-refractivity contribution in [2.75, 3.05) is 4.90 Å². The van der Waals surface area contributed by atoms with E-state index in [-0.39, 0.29) is 12.0 Å². The molecule has 3 unspecified atom stereocenters. The van der Waals surface area contributed by atoms with Gasteiger partial charge in [0, 0.05) is 64.7 Å². The number of fused-ring (bicyclic) bond motifs is 13. The van der Waals surface area contributed by atoms with Crippen LogP contribution in [0.15, 0.2) is 180 Å². The largest absolute Gasteiger partial charge is 0.456 e. The fourth-order valence-corrected chi connectivity index (χ4v) is 11.5. The summed E-state index contributed by atoms with van der Waals surface area (Å²) in [6, 6.07) is 56.2. The summed E-state index contributed by atoms with van der Waals surface area (Å²) in [5, 5.41) is 7.49. The van der Waals surface area contributed by atoms with Crippen molar-refractivity contribution in [1.82, 2.24) is 4.57 Å². The standard InChI is InChI=1S/C53H36N2OS/c1-31-26-48-53(41-14-3-2-10-36(31)41)44-27-32(19-23-46(44)55(48)35-21-25-52-43(30-35)40-13-6-9-17-51(40)57-52)33-18-22-38-37-11-4-7-15-45(37)54(47(38)28-33)34-20-24-50-42(29-34)39-12-5-8-16-49(39)56-50/h2-25,27-31,44,46H,26H2,1H3. The molecule has 0 radical (unpaired) electrons. The van der Waals surface area contributed by atoms with Crippen molar-refractivity contribution in [1.29, 1.82) is 0 Å². The van der Waals surface area contributed by atoms with E-state index < -0.39 is 0 Å². The second kappa shape index (κ2) is 11.7. The van der Waals surface area contributed by atoms with Gasteiger partial charge in [0.2, 0.25) is 0 Å². The summed E-state index contributed by atoms with van der Waals surface area (Å²) >= 11 is 1.89. The normalized spacial score (nSPS) is 19.0. The Hall–Kier alpha value is -6.62. The van der Waals surface area contributed by atoms with Gasteiger partial charge in [0.25, 0.3) is 0 Å². The number of nitrogens with zero attached hydrogens (tertiary/aromatic N) is 2. The Bertz CT molecular complexity index is 3440. The average Bonchev–Trinajstić information content (AvgIpc) is 4.00. The topological polar surface area (TPSA) is 21.3 Å². The molecule has 0 bridgehead atoms. The predicted molar refractivity (Wildman–Crippen MR) is 241 cm³/mol. The summed E-state index contributed by atoms with van der Waals surface area (Å²) < 4.78 is 11.4. The minimum absolute atomic E-state index is 0.200. The molecule has 1 aliphatic heterocycles. The van der Waals surface area contributed by atoms with Crippen LogP contribution in [0.5, 0.6) is 0 Å². The molecule has 0 amide bonds. The minimum Gasteiger partial charge on any atom is -0.456 e. The van der Waals surface area contributed by atoms with E-state index in [1.54, 1.807) is 0 Å². The Morgan fingerprint density at radius 3 is 2.28 bits per heavy atom. The Labute approximate surface area is 333 Å². The first-order valence-electron chi connectivity index (χ1n) is 20.0. The van der Waals surface area contributed by atoms with Crippen LogP contribution in [-0.2, 0) is 0 Å². The van der Waals surface area contributed by atoms with Crippen molar-refractivity contribution < 1.29 is 4.42 Å². The number of para-hydroxylation sites is 2. The quantitative estimate of drug-likeness (QED) is 0.179. The smallest absolute Gasteiger partial charge is 0.135 e. The molecular formula is C53H36N2OS. The number of anilines is 1. The lowest BCUT2D eigenvalue weighted by Crippen LogP contribution is -2.33. The lowest BCUT2D eigenvalue weighted by molar-refractivity contribution is 0.669. The third-order valence-electron chi connectivity index (χ3n) is 13.0. The van der Waals surface area contributed by atoms with Crippen molar-refractivity contribution in [3.63, 3.8) is 0 Å².